The van der Waals surface area contributed by atoms with E-state index in [-0.39, 0.29) is 5.76 Å². The van der Waals surface area contributed by atoms with Gasteiger partial charge in [-0.1, -0.05) is 18.2 Å². The van der Waals surface area contributed by atoms with Gasteiger partial charge in [0, 0.05) is 24.4 Å². The lowest BCUT2D eigenvalue weighted by Gasteiger charge is -2.25. The van der Waals surface area contributed by atoms with Gasteiger partial charge in [-0.2, -0.15) is 0 Å². The van der Waals surface area contributed by atoms with Crippen LogP contribution in [0.15, 0.2) is 64.7 Å². The van der Waals surface area contributed by atoms with Crippen LogP contribution in [0.25, 0.3) is 5.76 Å². The molecule has 0 unspecified atom stereocenters. The second kappa shape index (κ2) is 5.11. The Labute approximate surface area is 128 Å². The normalized spacial score (nSPS) is 16.7. The molecular formula is C17H14N4O. The summed E-state index contributed by atoms with van der Waals surface area (Å²) in [5, 5.41) is 10.3. The van der Waals surface area contributed by atoms with Gasteiger partial charge in [-0.15, -0.1) is 0 Å². The van der Waals surface area contributed by atoms with Gasteiger partial charge < -0.3 is 10.0 Å². The monoisotopic (exact) mass is 290 g/mol. The molecule has 0 saturated carbocycles. The zero-order chi connectivity index (χ0) is 14.9. The first kappa shape index (κ1) is 12.8. The van der Waals surface area contributed by atoms with Crippen LogP contribution < -0.4 is 0 Å². The molecule has 0 spiro atoms. The fourth-order valence-corrected chi connectivity index (χ4v) is 2.67. The van der Waals surface area contributed by atoms with E-state index in [1.54, 1.807) is 18.3 Å². The van der Waals surface area contributed by atoms with Gasteiger partial charge in [0.15, 0.2) is 0 Å². The Kier molecular flexibility index (Phi) is 2.96. The molecule has 2 aliphatic rings. The smallest absolute Gasteiger partial charge is 0.144 e. The average Bonchev–Trinajstić information content (AvgIpc) is 3.06. The summed E-state index contributed by atoms with van der Waals surface area (Å²) in [7, 11) is 0. The molecule has 5 nitrogen and oxygen atoms in total. The number of amidine groups is 2. The SMILES string of the molecule is O/C(=C\C1=Nc2ccccc2C2=NCCN12)c1ccccn1. The van der Waals surface area contributed by atoms with Crippen molar-refractivity contribution in [1.82, 2.24) is 9.88 Å². The molecule has 5 heteroatoms. The van der Waals surface area contributed by atoms with Gasteiger partial charge >= 0.3 is 0 Å². The van der Waals surface area contributed by atoms with Gasteiger partial charge in [0.1, 0.15) is 23.1 Å². The summed E-state index contributed by atoms with van der Waals surface area (Å²) >= 11 is 0. The molecule has 4 rings (SSSR count). The van der Waals surface area contributed by atoms with Crippen molar-refractivity contribution < 1.29 is 5.11 Å². The molecule has 0 amide bonds. The molecule has 0 saturated heterocycles. The molecule has 0 atom stereocenters. The first-order chi connectivity index (χ1) is 10.8. The van der Waals surface area contributed by atoms with Gasteiger partial charge in [-0.25, -0.2) is 4.99 Å². The number of para-hydroxylation sites is 1. The Morgan fingerprint density at radius 1 is 1.14 bits per heavy atom. The van der Waals surface area contributed by atoms with Crippen molar-refractivity contribution in [3.05, 3.63) is 66.0 Å². The largest absolute Gasteiger partial charge is 0.506 e. The molecular weight excluding hydrogens is 276 g/mol. The van der Waals surface area contributed by atoms with Gasteiger partial charge in [-0.05, 0) is 24.3 Å². The lowest BCUT2D eigenvalue weighted by Crippen LogP contribution is -2.36. The summed E-state index contributed by atoms with van der Waals surface area (Å²) < 4.78 is 0. The number of hydrogen-bond donors (Lipinski definition) is 1. The van der Waals surface area contributed by atoms with E-state index in [1.165, 1.54) is 0 Å². The van der Waals surface area contributed by atoms with E-state index in [4.69, 9.17) is 0 Å². The second-order valence-electron chi connectivity index (χ2n) is 5.09. The summed E-state index contributed by atoms with van der Waals surface area (Å²) in [5.41, 5.74) is 2.44. The van der Waals surface area contributed by atoms with Gasteiger partial charge in [0.2, 0.25) is 0 Å². The molecule has 3 heterocycles. The van der Waals surface area contributed by atoms with E-state index in [9.17, 15) is 5.11 Å². The maximum Gasteiger partial charge on any atom is 0.144 e. The third-order valence-electron chi connectivity index (χ3n) is 3.69. The number of aliphatic imine (C=N–C) groups is 2. The van der Waals surface area contributed by atoms with Gasteiger partial charge in [0.25, 0.3) is 0 Å². The van der Waals surface area contributed by atoms with Crippen molar-refractivity contribution >= 4 is 23.1 Å². The highest BCUT2D eigenvalue weighted by atomic mass is 16.3. The Morgan fingerprint density at radius 2 is 2.00 bits per heavy atom. The Balaban J connectivity index is 1.79. The van der Waals surface area contributed by atoms with Crippen LogP contribution in [0.1, 0.15) is 11.3 Å². The number of nitrogens with zero attached hydrogens (tertiary/aromatic N) is 4. The number of hydrogen-bond acceptors (Lipinski definition) is 5. The highest BCUT2D eigenvalue weighted by molar-refractivity contribution is 6.19. The first-order valence-corrected chi connectivity index (χ1v) is 7.15. The number of aliphatic hydroxyl groups is 1. The lowest BCUT2D eigenvalue weighted by atomic mass is 10.1. The summed E-state index contributed by atoms with van der Waals surface area (Å²) in [5.74, 6) is 1.72. The Hall–Kier alpha value is -2.95. The third kappa shape index (κ3) is 2.07. The van der Waals surface area contributed by atoms with Crippen LogP contribution in [-0.4, -0.2) is 39.8 Å². The van der Waals surface area contributed by atoms with E-state index in [0.717, 1.165) is 30.2 Å². The molecule has 1 N–H and O–H groups in total. The topological polar surface area (TPSA) is 61.1 Å². The van der Waals surface area contributed by atoms with Gasteiger partial charge in [-0.3, -0.25) is 9.98 Å². The number of aliphatic hydroxyl groups excluding tert-OH is 1. The van der Waals surface area contributed by atoms with E-state index >= 15 is 0 Å². The van der Waals surface area contributed by atoms with Crippen LogP contribution in [0, 0.1) is 0 Å². The van der Waals surface area contributed by atoms with Crippen LogP contribution >= 0.6 is 0 Å². The van der Waals surface area contributed by atoms with Crippen molar-refractivity contribution in [2.45, 2.75) is 0 Å². The molecule has 2 aliphatic heterocycles. The summed E-state index contributed by atoms with van der Waals surface area (Å²) in [6, 6.07) is 13.3. The van der Waals surface area contributed by atoms with E-state index in [0.29, 0.717) is 11.5 Å². The van der Waals surface area contributed by atoms with Crippen LogP contribution in [0.3, 0.4) is 0 Å². The standard InChI is InChI=1S/C17H14N4O/c22-15(14-7-3-4-8-18-14)11-16-20-13-6-2-1-5-12(13)17-19-9-10-21(16)17/h1-8,11,22H,9-10H2/b15-11-. The Bertz CT molecular complexity index is 808. The van der Waals surface area contributed by atoms with Crippen molar-refractivity contribution in [3.63, 3.8) is 0 Å². The third-order valence-corrected chi connectivity index (χ3v) is 3.69. The van der Waals surface area contributed by atoms with Crippen molar-refractivity contribution in [2.24, 2.45) is 9.98 Å². The maximum atomic E-state index is 10.3. The maximum absolute atomic E-state index is 10.3. The minimum Gasteiger partial charge on any atom is -0.506 e. The Morgan fingerprint density at radius 3 is 2.86 bits per heavy atom. The number of fused-ring (bicyclic) bond motifs is 3. The molecule has 2 aromatic rings. The lowest BCUT2D eigenvalue weighted by molar-refractivity contribution is 0.508. The molecule has 1 aromatic carbocycles. The highest BCUT2D eigenvalue weighted by Gasteiger charge is 2.28. The predicted molar refractivity (Wildman–Crippen MR) is 86.5 cm³/mol. The van der Waals surface area contributed by atoms with Crippen LogP contribution in [-0.2, 0) is 0 Å². The summed E-state index contributed by atoms with van der Waals surface area (Å²) in [4.78, 5) is 15.4. The van der Waals surface area contributed by atoms with Crippen molar-refractivity contribution in [2.75, 3.05) is 13.1 Å². The predicted octanol–water partition coefficient (Wildman–Crippen LogP) is 2.79. The molecule has 22 heavy (non-hydrogen) atoms. The number of rotatable bonds is 2. The van der Waals surface area contributed by atoms with Crippen molar-refractivity contribution in [1.29, 1.82) is 0 Å². The number of benzene rings is 1. The summed E-state index contributed by atoms with van der Waals surface area (Å²) in [6.45, 7) is 1.51. The molecule has 0 radical (unpaired) electrons. The molecule has 108 valence electrons. The van der Waals surface area contributed by atoms with Gasteiger partial charge in [0.05, 0.1) is 12.2 Å². The van der Waals surface area contributed by atoms with Crippen LogP contribution in [0.2, 0.25) is 0 Å². The van der Waals surface area contributed by atoms with E-state index < -0.39 is 0 Å². The summed E-state index contributed by atoms with van der Waals surface area (Å²) in [6.07, 6.45) is 3.30. The molecule has 1 aromatic heterocycles. The van der Waals surface area contributed by atoms with Crippen LogP contribution in [0.4, 0.5) is 5.69 Å². The zero-order valence-electron chi connectivity index (χ0n) is 11.8. The number of aromatic nitrogens is 1. The fourth-order valence-electron chi connectivity index (χ4n) is 2.67. The van der Waals surface area contributed by atoms with E-state index in [2.05, 4.69) is 15.0 Å². The van der Waals surface area contributed by atoms with E-state index in [1.807, 2.05) is 41.3 Å². The van der Waals surface area contributed by atoms with Crippen LogP contribution in [0.5, 0.6) is 0 Å². The molecule has 0 fully saturated rings. The molecule has 0 aliphatic carbocycles. The van der Waals surface area contributed by atoms with Crippen molar-refractivity contribution in [3.8, 4) is 0 Å². The first-order valence-electron chi connectivity index (χ1n) is 7.15. The number of pyridine rings is 1. The molecule has 0 bridgehead atoms. The zero-order valence-corrected chi connectivity index (χ0v) is 11.8. The second-order valence-corrected chi connectivity index (χ2v) is 5.09. The quantitative estimate of drug-likeness (QED) is 0.865. The minimum atomic E-state index is 0.102. The minimum absolute atomic E-state index is 0.102. The fraction of sp³-hybridized carbons (Fsp3) is 0.118. The average molecular weight is 290 g/mol. The highest BCUT2D eigenvalue weighted by Crippen LogP contribution is 2.29.